The zero-order valence-electron chi connectivity index (χ0n) is 8.02. The number of hydrogen-bond acceptors (Lipinski definition) is 1. The largest absolute Gasteiger partial charge is 0.253 e. The Morgan fingerprint density at radius 2 is 2.17 bits per heavy atom. The van der Waals surface area contributed by atoms with Gasteiger partial charge in [-0.15, -0.1) is 0 Å². The van der Waals surface area contributed by atoms with Gasteiger partial charge < -0.3 is 0 Å². The van der Waals surface area contributed by atoms with Gasteiger partial charge in [-0.25, -0.2) is 0 Å². The fraction of sp³-hybridized carbons (Fsp3) is 0.364. The van der Waals surface area contributed by atoms with Crippen LogP contribution in [0.25, 0.3) is 5.57 Å². The lowest BCUT2D eigenvalue weighted by molar-refractivity contribution is 1.01. The van der Waals surface area contributed by atoms with Crippen LogP contribution in [-0.2, 0) is 6.42 Å². The summed E-state index contributed by atoms with van der Waals surface area (Å²) in [5.41, 5.74) is 4.44. The summed E-state index contributed by atoms with van der Waals surface area (Å²) in [7, 11) is 0. The minimum absolute atomic E-state index is 0.987. The highest BCUT2D eigenvalue weighted by Gasteiger charge is 2.00. The topological polar surface area (TPSA) is 12.9 Å². The molecule has 1 aromatic rings. The van der Waals surface area contributed by atoms with Crippen molar-refractivity contribution in [2.75, 3.05) is 0 Å². The highest BCUT2D eigenvalue weighted by Crippen LogP contribution is 2.14. The van der Waals surface area contributed by atoms with Gasteiger partial charge in [-0.1, -0.05) is 19.6 Å². The average molecular weight is 161 g/mol. The molecule has 0 saturated carbocycles. The molecular formula is C11H15N. The van der Waals surface area contributed by atoms with Crippen molar-refractivity contribution in [1.82, 2.24) is 4.98 Å². The Morgan fingerprint density at radius 1 is 1.50 bits per heavy atom. The summed E-state index contributed by atoms with van der Waals surface area (Å²) in [6.07, 6.45) is 0.987. The first-order valence-electron chi connectivity index (χ1n) is 4.27. The quantitative estimate of drug-likeness (QED) is 0.649. The predicted octanol–water partition coefficient (Wildman–Crippen LogP) is 2.99. The molecule has 0 atom stereocenters. The molecular weight excluding hydrogens is 146 g/mol. The second-order valence-electron chi connectivity index (χ2n) is 3.10. The molecule has 0 spiro atoms. The molecule has 12 heavy (non-hydrogen) atoms. The SMILES string of the molecule is C=C(C)c1nc(CC)ccc1C. The molecule has 1 aromatic heterocycles. The van der Waals surface area contributed by atoms with Gasteiger partial charge in [0, 0.05) is 5.69 Å². The minimum Gasteiger partial charge on any atom is -0.253 e. The molecule has 1 rings (SSSR count). The Morgan fingerprint density at radius 3 is 2.67 bits per heavy atom. The van der Waals surface area contributed by atoms with E-state index in [0.29, 0.717) is 0 Å². The molecule has 0 aliphatic rings. The van der Waals surface area contributed by atoms with E-state index in [0.717, 1.165) is 23.4 Å². The fourth-order valence-corrected chi connectivity index (χ4v) is 1.20. The molecule has 1 nitrogen and oxygen atoms in total. The van der Waals surface area contributed by atoms with Crippen LogP contribution < -0.4 is 0 Å². The van der Waals surface area contributed by atoms with Crippen molar-refractivity contribution < 1.29 is 0 Å². The van der Waals surface area contributed by atoms with Gasteiger partial charge in [0.2, 0.25) is 0 Å². The second kappa shape index (κ2) is 3.53. The summed E-state index contributed by atoms with van der Waals surface area (Å²) in [4.78, 5) is 4.49. The Hall–Kier alpha value is -1.11. The van der Waals surface area contributed by atoms with E-state index in [9.17, 15) is 0 Å². The third-order valence-electron chi connectivity index (χ3n) is 1.92. The summed E-state index contributed by atoms with van der Waals surface area (Å²) >= 11 is 0. The van der Waals surface area contributed by atoms with Gasteiger partial charge in [-0.3, -0.25) is 4.98 Å². The van der Waals surface area contributed by atoms with Crippen molar-refractivity contribution in [2.45, 2.75) is 27.2 Å². The van der Waals surface area contributed by atoms with E-state index < -0.39 is 0 Å². The standard InChI is InChI=1S/C11H15N/c1-5-10-7-6-9(4)11(12-10)8(2)3/h6-7H,2,5H2,1,3-4H3. The maximum atomic E-state index is 4.49. The third kappa shape index (κ3) is 1.73. The van der Waals surface area contributed by atoms with Gasteiger partial charge >= 0.3 is 0 Å². The number of hydrogen-bond donors (Lipinski definition) is 0. The van der Waals surface area contributed by atoms with Crippen LogP contribution in [-0.4, -0.2) is 4.98 Å². The Bertz CT molecular complexity index is 300. The Balaban J connectivity index is 3.17. The van der Waals surface area contributed by atoms with E-state index in [2.05, 4.69) is 37.5 Å². The van der Waals surface area contributed by atoms with E-state index in [1.807, 2.05) is 6.92 Å². The van der Waals surface area contributed by atoms with Crippen molar-refractivity contribution in [3.8, 4) is 0 Å². The summed E-state index contributed by atoms with van der Waals surface area (Å²) < 4.78 is 0. The fourth-order valence-electron chi connectivity index (χ4n) is 1.20. The van der Waals surface area contributed by atoms with Gasteiger partial charge in [0.15, 0.2) is 0 Å². The van der Waals surface area contributed by atoms with E-state index in [1.165, 1.54) is 5.56 Å². The number of aryl methyl sites for hydroxylation is 2. The summed E-state index contributed by atoms with van der Waals surface area (Å²) in [6, 6.07) is 4.18. The van der Waals surface area contributed by atoms with Crippen molar-refractivity contribution in [1.29, 1.82) is 0 Å². The average Bonchev–Trinajstić information content (AvgIpc) is 2.05. The molecule has 0 aromatic carbocycles. The molecule has 0 saturated heterocycles. The number of rotatable bonds is 2. The molecule has 0 bridgehead atoms. The zero-order valence-corrected chi connectivity index (χ0v) is 8.02. The van der Waals surface area contributed by atoms with Gasteiger partial charge in [-0.05, 0) is 37.5 Å². The zero-order chi connectivity index (χ0) is 9.14. The van der Waals surface area contributed by atoms with Gasteiger partial charge in [0.05, 0.1) is 5.69 Å². The van der Waals surface area contributed by atoms with E-state index in [4.69, 9.17) is 0 Å². The molecule has 0 N–H and O–H groups in total. The normalized spacial score (nSPS) is 9.92. The van der Waals surface area contributed by atoms with Gasteiger partial charge in [-0.2, -0.15) is 0 Å². The van der Waals surface area contributed by atoms with Crippen LogP contribution in [0.1, 0.15) is 30.8 Å². The maximum Gasteiger partial charge on any atom is 0.0685 e. The molecule has 0 amide bonds. The lowest BCUT2D eigenvalue weighted by atomic mass is 10.1. The summed E-state index contributed by atoms with van der Waals surface area (Å²) in [6.45, 7) is 10.1. The second-order valence-corrected chi connectivity index (χ2v) is 3.10. The number of aromatic nitrogens is 1. The van der Waals surface area contributed by atoms with Crippen LogP contribution in [0.2, 0.25) is 0 Å². The van der Waals surface area contributed by atoms with E-state index >= 15 is 0 Å². The molecule has 0 fully saturated rings. The maximum absolute atomic E-state index is 4.49. The summed E-state index contributed by atoms with van der Waals surface area (Å²) in [5.74, 6) is 0. The van der Waals surface area contributed by atoms with Crippen molar-refractivity contribution in [3.63, 3.8) is 0 Å². The van der Waals surface area contributed by atoms with Crippen LogP contribution >= 0.6 is 0 Å². The molecule has 0 aliphatic carbocycles. The monoisotopic (exact) mass is 161 g/mol. The van der Waals surface area contributed by atoms with Crippen LogP contribution in [0, 0.1) is 6.92 Å². The first-order valence-corrected chi connectivity index (χ1v) is 4.27. The predicted molar refractivity (Wildman–Crippen MR) is 53.1 cm³/mol. The van der Waals surface area contributed by atoms with Gasteiger partial charge in [0.1, 0.15) is 0 Å². The summed E-state index contributed by atoms with van der Waals surface area (Å²) in [5, 5.41) is 0. The van der Waals surface area contributed by atoms with E-state index in [-0.39, 0.29) is 0 Å². The molecule has 1 heteroatoms. The van der Waals surface area contributed by atoms with Crippen LogP contribution in [0.3, 0.4) is 0 Å². The molecule has 0 radical (unpaired) electrons. The molecule has 1 heterocycles. The number of nitrogens with zero attached hydrogens (tertiary/aromatic N) is 1. The first kappa shape index (κ1) is 8.98. The highest BCUT2D eigenvalue weighted by atomic mass is 14.7. The van der Waals surface area contributed by atoms with Crippen LogP contribution in [0.4, 0.5) is 0 Å². The molecule has 0 unspecified atom stereocenters. The van der Waals surface area contributed by atoms with Crippen molar-refractivity contribution in [2.24, 2.45) is 0 Å². The molecule has 64 valence electrons. The van der Waals surface area contributed by atoms with Gasteiger partial charge in [0.25, 0.3) is 0 Å². The van der Waals surface area contributed by atoms with E-state index in [1.54, 1.807) is 0 Å². The van der Waals surface area contributed by atoms with Crippen molar-refractivity contribution in [3.05, 3.63) is 35.7 Å². The van der Waals surface area contributed by atoms with Crippen molar-refractivity contribution >= 4 is 5.57 Å². The smallest absolute Gasteiger partial charge is 0.0685 e. The highest BCUT2D eigenvalue weighted by molar-refractivity contribution is 5.60. The third-order valence-corrected chi connectivity index (χ3v) is 1.92. The Labute approximate surface area is 74.2 Å². The lowest BCUT2D eigenvalue weighted by Crippen LogP contribution is -1.94. The Kier molecular flexibility index (Phi) is 2.64. The van der Waals surface area contributed by atoms with Crippen LogP contribution in [0.5, 0.6) is 0 Å². The van der Waals surface area contributed by atoms with Crippen LogP contribution in [0.15, 0.2) is 18.7 Å². The molecule has 0 aliphatic heterocycles. The number of pyridine rings is 1. The first-order chi connectivity index (χ1) is 5.65. The lowest BCUT2D eigenvalue weighted by Gasteiger charge is -2.05. The minimum atomic E-state index is 0.987. The number of allylic oxidation sites excluding steroid dienone is 1.